The summed E-state index contributed by atoms with van der Waals surface area (Å²) in [6.07, 6.45) is 1.87. The molecule has 7 nitrogen and oxygen atoms in total. The van der Waals surface area contributed by atoms with E-state index in [1.165, 1.54) is 11.9 Å². The van der Waals surface area contributed by atoms with Crippen LogP contribution in [-0.4, -0.2) is 54.1 Å². The number of aliphatic carboxylic acids is 1. The first-order valence-corrected chi connectivity index (χ1v) is 5.49. The van der Waals surface area contributed by atoms with Crippen molar-refractivity contribution in [2.75, 3.05) is 20.1 Å². The van der Waals surface area contributed by atoms with Gasteiger partial charge in [0.05, 0.1) is 6.42 Å². The first kappa shape index (κ1) is 13.3. The fourth-order valence-electron chi connectivity index (χ4n) is 1.20. The molecule has 0 bridgehead atoms. The number of carboxylic acid groups (broad SMARTS) is 1. The molecule has 0 radical (unpaired) electrons. The third kappa shape index (κ3) is 5.74. The maximum absolute atomic E-state index is 11.4. The van der Waals surface area contributed by atoms with E-state index in [1.807, 2.05) is 0 Å². The van der Waals surface area contributed by atoms with Crippen molar-refractivity contribution in [3.63, 3.8) is 0 Å². The normalized spacial score (nSPS) is 13.9. The standard InChI is InChI=1S/C10H17N3O4/c1-13(6-8(14)12-7-2-3-7)10(17)11-5-4-9(15)16/h7H,2-6H2,1H3,(H,11,17)(H,12,14)(H,15,16). The summed E-state index contributed by atoms with van der Waals surface area (Å²) in [6, 6.07) is -0.178. The number of hydrogen-bond acceptors (Lipinski definition) is 3. The predicted octanol–water partition coefficient (Wildman–Crippen LogP) is -0.619. The summed E-state index contributed by atoms with van der Waals surface area (Å²) in [4.78, 5) is 34.2. The summed E-state index contributed by atoms with van der Waals surface area (Å²) in [5.41, 5.74) is 0. The van der Waals surface area contributed by atoms with Crippen LogP contribution in [0.3, 0.4) is 0 Å². The van der Waals surface area contributed by atoms with Crippen molar-refractivity contribution in [2.24, 2.45) is 0 Å². The van der Waals surface area contributed by atoms with Gasteiger partial charge in [-0.05, 0) is 12.8 Å². The van der Waals surface area contributed by atoms with Gasteiger partial charge < -0.3 is 20.6 Å². The molecule has 1 aliphatic carbocycles. The van der Waals surface area contributed by atoms with Crippen LogP contribution in [0.2, 0.25) is 0 Å². The lowest BCUT2D eigenvalue weighted by Gasteiger charge is -2.17. The molecule has 0 spiro atoms. The minimum atomic E-state index is -0.973. The number of carbonyl (C=O) groups excluding carboxylic acids is 2. The van der Waals surface area contributed by atoms with Crippen LogP contribution in [0.25, 0.3) is 0 Å². The van der Waals surface area contributed by atoms with Crippen LogP contribution in [0.4, 0.5) is 4.79 Å². The molecule has 1 saturated carbocycles. The smallest absolute Gasteiger partial charge is 0.317 e. The molecule has 0 saturated heterocycles. The third-order valence-corrected chi connectivity index (χ3v) is 2.29. The Morgan fingerprint density at radius 3 is 2.53 bits per heavy atom. The molecular formula is C10H17N3O4. The number of rotatable bonds is 6. The van der Waals surface area contributed by atoms with Gasteiger partial charge in [0.2, 0.25) is 5.91 Å². The van der Waals surface area contributed by atoms with Gasteiger partial charge in [-0.2, -0.15) is 0 Å². The summed E-state index contributed by atoms with van der Waals surface area (Å²) in [7, 11) is 1.49. The van der Waals surface area contributed by atoms with Gasteiger partial charge in [-0.15, -0.1) is 0 Å². The topological polar surface area (TPSA) is 98.7 Å². The molecule has 0 aromatic carbocycles. The van der Waals surface area contributed by atoms with Gasteiger partial charge in [-0.1, -0.05) is 0 Å². The second kappa shape index (κ2) is 6.07. The number of hydrogen-bond donors (Lipinski definition) is 3. The van der Waals surface area contributed by atoms with E-state index in [0.29, 0.717) is 0 Å². The van der Waals surface area contributed by atoms with E-state index in [9.17, 15) is 14.4 Å². The summed E-state index contributed by atoms with van der Waals surface area (Å²) in [5.74, 6) is -1.16. The zero-order chi connectivity index (χ0) is 12.8. The molecular weight excluding hydrogens is 226 g/mol. The Hall–Kier alpha value is -1.79. The number of urea groups is 1. The van der Waals surface area contributed by atoms with Gasteiger partial charge in [-0.3, -0.25) is 9.59 Å². The molecule has 0 atom stereocenters. The van der Waals surface area contributed by atoms with Crippen molar-refractivity contribution < 1.29 is 19.5 Å². The molecule has 7 heteroatoms. The summed E-state index contributed by atoms with van der Waals surface area (Å²) in [6.45, 7) is 0.0398. The monoisotopic (exact) mass is 243 g/mol. The first-order valence-electron chi connectivity index (χ1n) is 5.49. The van der Waals surface area contributed by atoms with E-state index < -0.39 is 12.0 Å². The van der Waals surface area contributed by atoms with Crippen LogP contribution < -0.4 is 10.6 Å². The Balaban J connectivity index is 2.16. The minimum absolute atomic E-state index is 0.0184. The Labute approximate surface area is 99.2 Å². The number of likely N-dealkylation sites (N-methyl/N-ethyl adjacent to an activating group) is 1. The molecule has 96 valence electrons. The molecule has 0 heterocycles. The lowest BCUT2D eigenvalue weighted by atomic mass is 10.4. The molecule has 1 aliphatic rings. The average Bonchev–Trinajstić information content (AvgIpc) is 3.00. The first-order chi connectivity index (χ1) is 7.99. The van der Waals surface area contributed by atoms with E-state index in [1.54, 1.807) is 0 Å². The Morgan fingerprint density at radius 1 is 1.35 bits per heavy atom. The molecule has 17 heavy (non-hydrogen) atoms. The molecule has 0 aromatic heterocycles. The van der Waals surface area contributed by atoms with E-state index in [-0.39, 0.29) is 31.5 Å². The van der Waals surface area contributed by atoms with Crippen LogP contribution in [0.15, 0.2) is 0 Å². The average molecular weight is 243 g/mol. The van der Waals surface area contributed by atoms with Crippen LogP contribution in [0.5, 0.6) is 0 Å². The summed E-state index contributed by atoms with van der Waals surface area (Å²) >= 11 is 0. The largest absolute Gasteiger partial charge is 0.481 e. The number of carbonyl (C=O) groups is 3. The van der Waals surface area contributed by atoms with Crippen LogP contribution in [0, 0.1) is 0 Å². The fraction of sp³-hybridized carbons (Fsp3) is 0.700. The van der Waals surface area contributed by atoms with Gasteiger partial charge in [0.1, 0.15) is 6.54 Å². The summed E-state index contributed by atoms with van der Waals surface area (Å²) in [5, 5.41) is 13.6. The highest BCUT2D eigenvalue weighted by molar-refractivity contribution is 5.84. The number of amides is 3. The van der Waals surface area contributed by atoms with E-state index in [0.717, 1.165) is 12.8 Å². The van der Waals surface area contributed by atoms with Crippen LogP contribution in [-0.2, 0) is 9.59 Å². The van der Waals surface area contributed by atoms with Crippen LogP contribution >= 0.6 is 0 Å². The molecule has 0 aromatic rings. The number of carboxylic acids is 1. The molecule has 3 amide bonds. The van der Waals surface area contributed by atoms with Crippen molar-refractivity contribution in [1.29, 1.82) is 0 Å². The Bertz CT molecular complexity index is 315. The van der Waals surface area contributed by atoms with Gasteiger partial charge in [-0.25, -0.2) is 4.79 Å². The highest BCUT2D eigenvalue weighted by atomic mass is 16.4. The number of nitrogens with one attached hydrogen (secondary N) is 2. The maximum atomic E-state index is 11.4. The molecule has 0 aliphatic heterocycles. The van der Waals surface area contributed by atoms with Gasteiger partial charge in [0.25, 0.3) is 0 Å². The quantitative estimate of drug-likeness (QED) is 0.579. The second-order valence-electron chi connectivity index (χ2n) is 4.07. The predicted molar refractivity (Wildman–Crippen MR) is 59.4 cm³/mol. The van der Waals surface area contributed by atoms with Crippen molar-refractivity contribution in [3.05, 3.63) is 0 Å². The van der Waals surface area contributed by atoms with Crippen LogP contribution in [0.1, 0.15) is 19.3 Å². The zero-order valence-electron chi connectivity index (χ0n) is 9.73. The fourth-order valence-corrected chi connectivity index (χ4v) is 1.20. The SMILES string of the molecule is CN(CC(=O)NC1CC1)C(=O)NCCC(=O)O. The summed E-state index contributed by atoms with van der Waals surface area (Å²) < 4.78 is 0. The highest BCUT2D eigenvalue weighted by Gasteiger charge is 2.24. The van der Waals surface area contributed by atoms with E-state index in [2.05, 4.69) is 10.6 Å². The Kier molecular flexibility index (Phi) is 4.74. The van der Waals surface area contributed by atoms with Gasteiger partial charge in [0, 0.05) is 19.6 Å². The molecule has 0 unspecified atom stereocenters. The lowest BCUT2D eigenvalue weighted by Crippen LogP contribution is -2.44. The Morgan fingerprint density at radius 2 is 2.00 bits per heavy atom. The molecule has 1 fully saturated rings. The zero-order valence-corrected chi connectivity index (χ0v) is 9.73. The molecule has 1 rings (SSSR count). The van der Waals surface area contributed by atoms with Crippen molar-refractivity contribution in [1.82, 2.24) is 15.5 Å². The third-order valence-electron chi connectivity index (χ3n) is 2.29. The highest BCUT2D eigenvalue weighted by Crippen LogP contribution is 2.18. The van der Waals surface area contributed by atoms with Gasteiger partial charge >= 0.3 is 12.0 Å². The van der Waals surface area contributed by atoms with Gasteiger partial charge in [0.15, 0.2) is 0 Å². The number of nitrogens with zero attached hydrogens (tertiary/aromatic N) is 1. The van der Waals surface area contributed by atoms with E-state index in [4.69, 9.17) is 5.11 Å². The maximum Gasteiger partial charge on any atom is 0.317 e. The lowest BCUT2D eigenvalue weighted by molar-refractivity contribution is -0.136. The molecule has 3 N–H and O–H groups in total. The van der Waals surface area contributed by atoms with Crippen molar-refractivity contribution >= 4 is 17.9 Å². The van der Waals surface area contributed by atoms with Crippen molar-refractivity contribution in [2.45, 2.75) is 25.3 Å². The second-order valence-corrected chi connectivity index (χ2v) is 4.07. The van der Waals surface area contributed by atoms with Crippen molar-refractivity contribution in [3.8, 4) is 0 Å². The minimum Gasteiger partial charge on any atom is -0.481 e. The van der Waals surface area contributed by atoms with E-state index >= 15 is 0 Å².